The fraction of sp³-hybridized carbons (Fsp3) is 0.452. The Morgan fingerprint density at radius 1 is 0.923 bits per heavy atom. The highest BCUT2D eigenvalue weighted by Crippen LogP contribution is 2.36. The predicted molar refractivity (Wildman–Crippen MR) is 147 cm³/mol. The number of hydrogen-bond acceptors (Lipinski definition) is 7. The van der Waals surface area contributed by atoms with Gasteiger partial charge in [0, 0.05) is 24.3 Å². The summed E-state index contributed by atoms with van der Waals surface area (Å²) in [5.74, 6) is 0.0250. The van der Waals surface area contributed by atoms with E-state index in [1.54, 1.807) is 51.0 Å². The van der Waals surface area contributed by atoms with Gasteiger partial charge in [-0.1, -0.05) is 18.2 Å². The summed E-state index contributed by atoms with van der Waals surface area (Å²) < 4.78 is 22.0. The van der Waals surface area contributed by atoms with Crippen molar-refractivity contribution in [2.45, 2.75) is 77.5 Å². The van der Waals surface area contributed by atoms with Gasteiger partial charge in [-0.25, -0.2) is 9.59 Å². The first-order chi connectivity index (χ1) is 18.2. The van der Waals surface area contributed by atoms with Crippen molar-refractivity contribution in [2.24, 2.45) is 0 Å². The molecule has 39 heavy (non-hydrogen) atoms. The molecule has 8 nitrogen and oxygen atoms in total. The molecule has 0 aliphatic carbocycles. The van der Waals surface area contributed by atoms with Crippen LogP contribution in [-0.2, 0) is 20.7 Å². The number of likely N-dealkylation sites (tertiary alicyclic amines) is 1. The van der Waals surface area contributed by atoms with Crippen molar-refractivity contribution in [1.82, 2.24) is 4.90 Å². The standard InChI is InChI=1S/C31H37NO7/c1-30(2,3)38-28(34)26-18-21-16-19(8-13-25(21)37-26)17-24(33)27-23(20-9-11-22(36-7)12-10-20)14-15-32(27)29(35)39-31(4,5)6/h8-13,16,18,23,27H,14-15,17H2,1-7H3/t23-,27-/m0/s1. The molecule has 208 valence electrons. The van der Waals surface area contributed by atoms with E-state index in [0.717, 1.165) is 16.9 Å². The number of hydrogen-bond donors (Lipinski definition) is 0. The van der Waals surface area contributed by atoms with Gasteiger partial charge in [0.2, 0.25) is 5.76 Å². The number of carbonyl (C=O) groups is 3. The summed E-state index contributed by atoms with van der Waals surface area (Å²) in [6, 6.07) is 13.9. The second-order valence-electron chi connectivity index (χ2n) is 11.9. The van der Waals surface area contributed by atoms with Crippen LogP contribution >= 0.6 is 0 Å². The maximum absolute atomic E-state index is 13.8. The molecule has 1 saturated heterocycles. The van der Waals surface area contributed by atoms with E-state index in [-0.39, 0.29) is 23.9 Å². The average molecular weight is 536 g/mol. The molecule has 0 N–H and O–H groups in total. The van der Waals surface area contributed by atoms with Crippen LogP contribution in [0.2, 0.25) is 0 Å². The lowest BCUT2D eigenvalue weighted by molar-refractivity contribution is -0.123. The lowest BCUT2D eigenvalue weighted by Crippen LogP contribution is -2.45. The van der Waals surface area contributed by atoms with E-state index in [0.29, 0.717) is 23.9 Å². The van der Waals surface area contributed by atoms with Crippen LogP contribution in [0.1, 0.15) is 75.6 Å². The second-order valence-corrected chi connectivity index (χ2v) is 11.9. The number of esters is 1. The third kappa shape index (κ3) is 6.80. The number of rotatable bonds is 6. The van der Waals surface area contributed by atoms with E-state index >= 15 is 0 Å². The van der Waals surface area contributed by atoms with E-state index in [2.05, 4.69) is 0 Å². The van der Waals surface area contributed by atoms with Gasteiger partial charge in [-0.3, -0.25) is 9.69 Å². The molecular formula is C31H37NO7. The number of methoxy groups -OCH3 is 1. The van der Waals surface area contributed by atoms with Crippen molar-refractivity contribution in [2.75, 3.05) is 13.7 Å². The smallest absolute Gasteiger partial charge is 0.410 e. The molecular weight excluding hydrogens is 498 g/mol. The normalized spacial score (nSPS) is 17.8. The SMILES string of the molecule is COc1ccc([C@@H]2CCN(C(=O)OC(C)(C)C)[C@@H]2C(=O)Cc2ccc3oc(C(=O)OC(C)(C)C)cc3c2)cc1. The van der Waals surface area contributed by atoms with Crippen molar-refractivity contribution in [1.29, 1.82) is 0 Å². The molecule has 1 aromatic heterocycles. The van der Waals surface area contributed by atoms with E-state index in [1.807, 2.05) is 51.1 Å². The van der Waals surface area contributed by atoms with Gasteiger partial charge < -0.3 is 18.6 Å². The van der Waals surface area contributed by atoms with E-state index in [1.165, 1.54) is 0 Å². The van der Waals surface area contributed by atoms with Crippen LogP contribution in [-0.4, -0.2) is 53.6 Å². The molecule has 4 rings (SSSR count). The van der Waals surface area contributed by atoms with Gasteiger partial charge in [0.25, 0.3) is 0 Å². The highest BCUT2D eigenvalue weighted by atomic mass is 16.6. The molecule has 2 heterocycles. The lowest BCUT2D eigenvalue weighted by atomic mass is 9.87. The Kier molecular flexibility index (Phi) is 7.77. The highest BCUT2D eigenvalue weighted by Gasteiger charge is 2.43. The number of nitrogens with zero attached hydrogens (tertiary/aromatic N) is 1. The summed E-state index contributed by atoms with van der Waals surface area (Å²) >= 11 is 0. The van der Waals surface area contributed by atoms with Crippen LogP contribution in [0.3, 0.4) is 0 Å². The molecule has 0 radical (unpaired) electrons. The Bertz CT molecular complexity index is 1360. The molecule has 0 saturated carbocycles. The summed E-state index contributed by atoms with van der Waals surface area (Å²) in [5.41, 5.74) is 0.927. The first-order valence-corrected chi connectivity index (χ1v) is 13.2. The zero-order chi connectivity index (χ0) is 28.5. The Balaban J connectivity index is 1.59. The molecule has 0 unspecified atom stereocenters. The van der Waals surface area contributed by atoms with Crippen LogP contribution in [0.15, 0.2) is 52.9 Å². The Hall–Kier alpha value is -3.81. The van der Waals surface area contributed by atoms with Crippen molar-refractivity contribution in [3.05, 3.63) is 65.4 Å². The van der Waals surface area contributed by atoms with Crippen LogP contribution in [0.5, 0.6) is 5.75 Å². The molecule has 1 aliphatic rings. The van der Waals surface area contributed by atoms with Gasteiger partial charge in [-0.2, -0.15) is 0 Å². The zero-order valence-corrected chi connectivity index (χ0v) is 23.7. The summed E-state index contributed by atoms with van der Waals surface area (Å²) in [6.07, 6.45) is 0.255. The Morgan fingerprint density at radius 2 is 1.59 bits per heavy atom. The summed E-state index contributed by atoms with van der Waals surface area (Å²) in [5, 5.41) is 0.697. The summed E-state index contributed by atoms with van der Waals surface area (Å²) in [7, 11) is 1.61. The minimum absolute atomic E-state index is 0.0885. The number of benzene rings is 2. The van der Waals surface area contributed by atoms with Crippen LogP contribution in [0.4, 0.5) is 4.79 Å². The zero-order valence-electron chi connectivity index (χ0n) is 23.7. The van der Waals surface area contributed by atoms with Gasteiger partial charge in [0.05, 0.1) is 7.11 Å². The Labute approximate surface area is 229 Å². The van der Waals surface area contributed by atoms with Crippen molar-refractivity contribution in [3.63, 3.8) is 0 Å². The van der Waals surface area contributed by atoms with Gasteiger partial charge in [-0.15, -0.1) is 0 Å². The maximum atomic E-state index is 13.8. The quantitative estimate of drug-likeness (QED) is 0.342. The van der Waals surface area contributed by atoms with E-state index in [9.17, 15) is 14.4 Å². The van der Waals surface area contributed by atoms with E-state index < -0.39 is 29.3 Å². The molecule has 1 amide bonds. The minimum Gasteiger partial charge on any atom is -0.497 e. The molecule has 3 aromatic rings. The third-order valence-electron chi connectivity index (χ3n) is 6.46. The lowest BCUT2D eigenvalue weighted by Gasteiger charge is -2.30. The molecule has 2 atom stereocenters. The predicted octanol–water partition coefficient (Wildman–Crippen LogP) is 6.30. The molecule has 8 heteroatoms. The van der Waals surface area contributed by atoms with Crippen molar-refractivity contribution in [3.8, 4) is 5.75 Å². The number of Topliss-reactive ketones (excluding diaryl/α,β-unsaturated/α-hetero) is 1. The van der Waals surface area contributed by atoms with Gasteiger partial charge in [0.15, 0.2) is 5.78 Å². The third-order valence-corrected chi connectivity index (χ3v) is 6.46. The van der Waals surface area contributed by atoms with Crippen LogP contribution < -0.4 is 4.74 Å². The first kappa shape index (κ1) is 28.2. The molecule has 1 fully saturated rings. The molecule has 1 aliphatic heterocycles. The van der Waals surface area contributed by atoms with Gasteiger partial charge in [0.1, 0.15) is 28.6 Å². The molecule has 0 spiro atoms. The number of amides is 1. The summed E-state index contributed by atoms with van der Waals surface area (Å²) in [4.78, 5) is 41.0. The largest absolute Gasteiger partial charge is 0.497 e. The number of ether oxygens (including phenoxy) is 3. The number of carbonyl (C=O) groups excluding carboxylic acids is 3. The van der Waals surface area contributed by atoms with Crippen molar-refractivity contribution >= 4 is 28.8 Å². The Morgan fingerprint density at radius 3 is 2.21 bits per heavy atom. The number of ketones is 1. The van der Waals surface area contributed by atoms with Crippen LogP contribution in [0, 0.1) is 0 Å². The van der Waals surface area contributed by atoms with E-state index in [4.69, 9.17) is 18.6 Å². The minimum atomic E-state index is -0.680. The first-order valence-electron chi connectivity index (χ1n) is 13.2. The summed E-state index contributed by atoms with van der Waals surface area (Å²) in [6.45, 7) is 11.2. The topological polar surface area (TPSA) is 95.3 Å². The number of furan rings is 1. The second kappa shape index (κ2) is 10.8. The fourth-order valence-electron chi connectivity index (χ4n) is 4.85. The van der Waals surface area contributed by atoms with Gasteiger partial charge in [-0.05, 0) is 89.4 Å². The van der Waals surface area contributed by atoms with Crippen molar-refractivity contribution < 1.29 is 33.0 Å². The maximum Gasteiger partial charge on any atom is 0.410 e. The average Bonchev–Trinajstić information content (AvgIpc) is 3.47. The molecule has 0 bridgehead atoms. The van der Waals surface area contributed by atoms with Crippen LogP contribution in [0.25, 0.3) is 11.0 Å². The molecule has 2 aromatic carbocycles. The monoisotopic (exact) mass is 535 g/mol. The number of fused-ring (bicyclic) bond motifs is 1. The van der Waals surface area contributed by atoms with Gasteiger partial charge >= 0.3 is 12.1 Å². The fourth-order valence-corrected chi connectivity index (χ4v) is 4.85. The highest BCUT2D eigenvalue weighted by molar-refractivity contribution is 5.94.